The van der Waals surface area contributed by atoms with E-state index in [-0.39, 0.29) is 5.56 Å². The molecule has 0 heterocycles. The standard InChI is InChI=1S/C15H16N2O3/c1-9-8-10(6-7-13(9)20-2)17-14-11(15(18)19)4-3-5-12(14)16/h3-8,17H,16H2,1-2H3,(H,18,19). The van der Waals surface area contributed by atoms with E-state index >= 15 is 0 Å². The summed E-state index contributed by atoms with van der Waals surface area (Å²) in [5.41, 5.74) is 8.47. The number of nitrogen functional groups attached to an aromatic ring is 1. The van der Waals surface area contributed by atoms with Crippen LogP contribution in [0.4, 0.5) is 17.1 Å². The summed E-state index contributed by atoms with van der Waals surface area (Å²) in [7, 11) is 1.60. The van der Waals surface area contributed by atoms with Gasteiger partial charge in [-0.15, -0.1) is 0 Å². The van der Waals surface area contributed by atoms with Crippen LogP contribution in [0.2, 0.25) is 0 Å². The molecule has 0 unspecified atom stereocenters. The van der Waals surface area contributed by atoms with Crippen LogP contribution in [0.15, 0.2) is 36.4 Å². The van der Waals surface area contributed by atoms with Crippen LogP contribution in [-0.4, -0.2) is 18.2 Å². The molecule has 0 amide bonds. The van der Waals surface area contributed by atoms with Crippen LogP contribution in [0.25, 0.3) is 0 Å². The lowest BCUT2D eigenvalue weighted by molar-refractivity contribution is 0.0698. The Morgan fingerprint density at radius 2 is 2.05 bits per heavy atom. The van der Waals surface area contributed by atoms with Crippen LogP contribution in [0.3, 0.4) is 0 Å². The Kier molecular flexibility index (Phi) is 3.79. The summed E-state index contributed by atoms with van der Waals surface area (Å²) in [6, 6.07) is 10.3. The van der Waals surface area contributed by atoms with E-state index in [9.17, 15) is 9.90 Å². The molecule has 104 valence electrons. The zero-order valence-corrected chi connectivity index (χ0v) is 11.3. The molecule has 0 spiro atoms. The third kappa shape index (κ3) is 2.66. The minimum Gasteiger partial charge on any atom is -0.496 e. The molecule has 5 nitrogen and oxygen atoms in total. The number of hydrogen-bond donors (Lipinski definition) is 3. The summed E-state index contributed by atoms with van der Waals surface area (Å²) in [6.45, 7) is 1.91. The highest BCUT2D eigenvalue weighted by Crippen LogP contribution is 2.29. The number of hydrogen-bond acceptors (Lipinski definition) is 4. The molecule has 0 aliphatic heterocycles. The second kappa shape index (κ2) is 5.52. The first-order valence-electron chi connectivity index (χ1n) is 6.06. The molecule has 0 atom stereocenters. The van der Waals surface area contributed by atoms with Gasteiger partial charge in [0, 0.05) is 5.69 Å². The maximum Gasteiger partial charge on any atom is 0.337 e. The van der Waals surface area contributed by atoms with E-state index in [0.717, 1.165) is 17.0 Å². The Balaban J connectivity index is 2.39. The Morgan fingerprint density at radius 3 is 2.65 bits per heavy atom. The molecule has 2 aromatic rings. The van der Waals surface area contributed by atoms with Gasteiger partial charge in [0.15, 0.2) is 0 Å². The Morgan fingerprint density at radius 1 is 1.30 bits per heavy atom. The number of benzene rings is 2. The lowest BCUT2D eigenvalue weighted by Gasteiger charge is -2.13. The summed E-state index contributed by atoms with van der Waals surface area (Å²) in [6.07, 6.45) is 0. The van der Waals surface area contributed by atoms with Crippen LogP contribution in [0.1, 0.15) is 15.9 Å². The largest absolute Gasteiger partial charge is 0.496 e. The lowest BCUT2D eigenvalue weighted by atomic mass is 10.1. The fraction of sp³-hybridized carbons (Fsp3) is 0.133. The van der Waals surface area contributed by atoms with Crippen LogP contribution in [0.5, 0.6) is 5.75 Å². The molecule has 2 aromatic carbocycles. The summed E-state index contributed by atoms with van der Waals surface area (Å²) < 4.78 is 5.19. The average Bonchev–Trinajstić information content (AvgIpc) is 2.41. The average molecular weight is 272 g/mol. The van der Waals surface area contributed by atoms with Crippen molar-refractivity contribution in [3.63, 3.8) is 0 Å². The van der Waals surface area contributed by atoms with E-state index in [1.165, 1.54) is 6.07 Å². The normalized spacial score (nSPS) is 10.1. The first-order valence-corrected chi connectivity index (χ1v) is 6.06. The number of nitrogens with two attached hydrogens (primary N) is 1. The molecule has 0 aromatic heterocycles. The quantitative estimate of drug-likeness (QED) is 0.745. The van der Waals surface area contributed by atoms with Gasteiger partial charge in [-0.2, -0.15) is 0 Å². The SMILES string of the molecule is COc1ccc(Nc2c(N)cccc2C(=O)O)cc1C. The minimum atomic E-state index is -1.02. The maximum absolute atomic E-state index is 11.2. The number of para-hydroxylation sites is 1. The van der Waals surface area contributed by atoms with Crippen molar-refractivity contribution in [3.05, 3.63) is 47.5 Å². The van der Waals surface area contributed by atoms with E-state index in [0.29, 0.717) is 11.4 Å². The van der Waals surface area contributed by atoms with Gasteiger partial charge in [0.1, 0.15) is 5.75 Å². The second-order valence-electron chi connectivity index (χ2n) is 4.38. The number of carboxylic acid groups (broad SMARTS) is 1. The Hall–Kier alpha value is -2.69. The molecular formula is C15H16N2O3. The fourth-order valence-corrected chi connectivity index (χ4v) is 1.99. The molecular weight excluding hydrogens is 256 g/mol. The number of aryl methyl sites for hydroxylation is 1. The maximum atomic E-state index is 11.2. The molecule has 0 saturated heterocycles. The first kappa shape index (κ1) is 13.7. The molecule has 2 rings (SSSR count). The molecule has 0 radical (unpaired) electrons. The van der Waals surface area contributed by atoms with E-state index in [1.807, 2.05) is 25.1 Å². The minimum absolute atomic E-state index is 0.137. The van der Waals surface area contributed by atoms with Gasteiger partial charge in [0.05, 0.1) is 24.0 Å². The number of carboxylic acids is 1. The zero-order valence-electron chi connectivity index (χ0n) is 11.3. The van der Waals surface area contributed by atoms with Crippen molar-refractivity contribution in [2.24, 2.45) is 0 Å². The van der Waals surface area contributed by atoms with Crippen LogP contribution >= 0.6 is 0 Å². The van der Waals surface area contributed by atoms with Crippen molar-refractivity contribution < 1.29 is 14.6 Å². The van der Waals surface area contributed by atoms with Crippen molar-refractivity contribution in [3.8, 4) is 5.75 Å². The number of rotatable bonds is 4. The smallest absolute Gasteiger partial charge is 0.337 e. The van der Waals surface area contributed by atoms with Crippen molar-refractivity contribution in [2.45, 2.75) is 6.92 Å². The zero-order chi connectivity index (χ0) is 14.7. The first-order chi connectivity index (χ1) is 9.52. The molecule has 0 saturated carbocycles. The third-order valence-electron chi connectivity index (χ3n) is 2.99. The van der Waals surface area contributed by atoms with Crippen LogP contribution < -0.4 is 15.8 Å². The van der Waals surface area contributed by atoms with Crippen molar-refractivity contribution in [2.75, 3.05) is 18.2 Å². The summed E-state index contributed by atoms with van der Waals surface area (Å²) in [5.74, 6) is -0.250. The third-order valence-corrected chi connectivity index (χ3v) is 2.99. The number of nitrogens with one attached hydrogen (secondary N) is 1. The van der Waals surface area contributed by atoms with Gasteiger partial charge in [0.25, 0.3) is 0 Å². The predicted molar refractivity (Wildman–Crippen MR) is 78.8 cm³/mol. The van der Waals surface area contributed by atoms with Crippen LogP contribution in [0, 0.1) is 6.92 Å². The summed E-state index contributed by atoms with van der Waals surface area (Å²) in [5, 5.41) is 12.2. The topological polar surface area (TPSA) is 84.6 Å². The molecule has 4 N–H and O–H groups in total. The lowest BCUT2D eigenvalue weighted by Crippen LogP contribution is -2.05. The number of aromatic carboxylic acids is 1. The van der Waals surface area contributed by atoms with Crippen LogP contribution in [-0.2, 0) is 0 Å². The Bertz CT molecular complexity index is 654. The fourth-order valence-electron chi connectivity index (χ4n) is 1.99. The molecule has 5 heteroatoms. The number of ether oxygens (including phenoxy) is 1. The molecule has 0 aliphatic carbocycles. The number of anilines is 3. The van der Waals surface area contributed by atoms with Crippen molar-refractivity contribution in [1.29, 1.82) is 0 Å². The van der Waals surface area contributed by atoms with Crippen molar-refractivity contribution in [1.82, 2.24) is 0 Å². The van der Waals surface area contributed by atoms with Gasteiger partial charge >= 0.3 is 5.97 Å². The monoisotopic (exact) mass is 272 g/mol. The highest BCUT2D eigenvalue weighted by Gasteiger charge is 2.13. The Labute approximate surface area is 117 Å². The van der Waals surface area contributed by atoms with Gasteiger partial charge in [-0.05, 0) is 42.8 Å². The van der Waals surface area contributed by atoms with E-state index in [4.69, 9.17) is 10.5 Å². The van der Waals surface area contributed by atoms with Gasteiger partial charge in [-0.1, -0.05) is 6.07 Å². The van der Waals surface area contributed by atoms with Gasteiger partial charge < -0.3 is 20.9 Å². The van der Waals surface area contributed by atoms with E-state index in [2.05, 4.69) is 5.32 Å². The van der Waals surface area contributed by atoms with E-state index < -0.39 is 5.97 Å². The summed E-state index contributed by atoms with van der Waals surface area (Å²) >= 11 is 0. The number of carbonyl (C=O) groups is 1. The predicted octanol–water partition coefficient (Wildman–Crippen LogP) is 3.03. The van der Waals surface area contributed by atoms with Gasteiger partial charge in [-0.3, -0.25) is 0 Å². The van der Waals surface area contributed by atoms with Crippen molar-refractivity contribution >= 4 is 23.0 Å². The highest BCUT2D eigenvalue weighted by atomic mass is 16.5. The second-order valence-corrected chi connectivity index (χ2v) is 4.38. The number of methoxy groups -OCH3 is 1. The molecule has 20 heavy (non-hydrogen) atoms. The summed E-state index contributed by atoms with van der Waals surface area (Å²) in [4.78, 5) is 11.2. The highest BCUT2D eigenvalue weighted by molar-refractivity contribution is 5.98. The van der Waals surface area contributed by atoms with E-state index in [1.54, 1.807) is 19.2 Å². The molecule has 0 fully saturated rings. The van der Waals surface area contributed by atoms with Gasteiger partial charge in [0.2, 0.25) is 0 Å². The molecule has 0 bridgehead atoms. The molecule has 0 aliphatic rings. The van der Waals surface area contributed by atoms with Gasteiger partial charge in [-0.25, -0.2) is 4.79 Å².